The lowest BCUT2D eigenvalue weighted by Gasteiger charge is -2.25. The van der Waals surface area contributed by atoms with E-state index >= 15 is 0 Å². The molecule has 0 spiro atoms. The maximum Gasteiger partial charge on any atom is 0.167 e. The van der Waals surface area contributed by atoms with Gasteiger partial charge in [0.2, 0.25) is 0 Å². The Kier molecular flexibility index (Phi) is 3.00. The Morgan fingerprint density at radius 2 is 2.21 bits per heavy atom. The zero-order valence-corrected chi connectivity index (χ0v) is 8.11. The molecule has 0 aliphatic carbocycles. The van der Waals surface area contributed by atoms with Crippen LogP contribution in [0, 0.1) is 0 Å². The van der Waals surface area contributed by atoms with Crippen LogP contribution in [0.2, 0.25) is 0 Å². The molecule has 5 heteroatoms. The van der Waals surface area contributed by atoms with Crippen molar-refractivity contribution in [2.45, 2.75) is 6.42 Å². The van der Waals surface area contributed by atoms with Gasteiger partial charge in [0, 0.05) is 32.1 Å². The third kappa shape index (κ3) is 2.46. The van der Waals surface area contributed by atoms with Crippen molar-refractivity contribution in [2.24, 2.45) is 0 Å². The molecular weight excluding hydrogens is 182 g/mol. The number of rotatable bonds is 3. The van der Waals surface area contributed by atoms with Gasteiger partial charge in [0.1, 0.15) is 5.76 Å². The number of morpholine rings is 1. The lowest BCUT2D eigenvalue weighted by Crippen LogP contribution is -2.37. The fourth-order valence-corrected chi connectivity index (χ4v) is 1.54. The largest absolute Gasteiger partial charge is 0.381 e. The summed E-state index contributed by atoms with van der Waals surface area (Å²) in [7, 11) is 0. The maximum absolute atomic E-state index is 5.45. The summed E-state index contributed by atoms with van der Waals surface area (Å²) in [5.41, 5.74) is 5.45. The second kappa shape index (κ2) is 4.43. The summed E-state index contributed by atoms with van der Waals surface area (Å²) < 4.78 is 10.3. The Morgan fingerprint density at radius 3 is 2.86 bits per heavy atom. The average Bonchev–Trinajstić information content (AvgIpc) is 2.63. The Hall–Kier alpha value is -1.07. The number of nitrogens with two attached hydrogens (primary N) is 1. The molecule has 1 saturated heterocycles. The second-order valence-electron chi connectivity index (χ2n) is 3.42. The smallest absolute Gasteiger partial charge is 0.167 e. The number of aromatic nitrogens is 1. The first-order chi connectivity index (χ1) is 6.84. The van der Waals surface area contributed by atoms with E-state index in [1.54, 1.807) is 6.07 Å². The minimum absolute atomic E-state index is 0.460. The highest BCUT2D eigenvalue weighted by molar-refractivity contribution is 5.26. The molecule has 0 bridgehead atoms. The van der Waals surface area contributed by atoms with Crippen molar-refractivity contribution < 1.29 is 9.26 Å². The van der Waals surface area contributed by atoms with Crippen LogP contribution in [0.25, 0.3) is 0 Å². The number of nitrogens with zero attached hydrogens (tertiary/aromatic N) is 2. The molecule has 1 aromatic rings. The monoisotopic (exact) mass is 197 g/mol. The maximum atomic E-state index is 5.45. The first-order valence-electron chi connectivity index (χ1n) is 4.86. The highest BCUT2D eigenvalue weighted by atomic mass is 16.5. The number of ether oxygens (including phenoxy) is 1. The van der Waals surface area contributed by atoms with Crippen molar-refractivity contribution in [2.75, 3.05) is 38.6 Å². The Morgan fingerprint density at radius 1 is 1.43 bits per heavy atom. The van der Waals surface area contributed by atoms with Gasteiger partial charge >= 0.3 is 0 Å². The molecule has 78 valence electrons. The summed E-state index contributed by atoms with van der Waals surface area (Å²) in [5, 5.41) is 3.64. The van der Waals surface area contributed by atoms with Crippen molar-refractivity contribution in [3.63, 3.8) is 0 Å². The van der Waals surface area contributed by atoms with Gasteiger partial charge in [0.25, 0.3) is 0 Å². The minimum atomic E-state index is 0.460. The number of hydrogen-bond acceptors (Lipinski definition) is 5. The summed E-state index contributed by atoms with van der Waals surface area (Å²) in [5.74, 6) is 1.32. The van der Waals surface area contributed by atoms with E-state index in [2.05, 4.69) is 10.1 Å². The molecule has 1 aliphatic rings. The van der Waals surface area contributed by atoms with E-state index in [-0.39, 0.29) is 0 Å². The average molecular weight is 197 g/mol. The van der Waals surface area contributed by atoms with Crippen LogP contribution < -0.4 is 5.73 Å². The summed E-state index contributed by atoms with van der Waals surface area (Å²) in [6.07, 6.45) is 0.865. The summed E-state index contributed by atoms with van der Waals surface area (Å²) in [4.78, 5) is 2.35. The van der Waals surface area contributed by atoms with Crippen LogP contribution in [0.1, 0.15) is 5.76 Å². The van der Waals surface area contributed by atoms with Crippen LogP contribution in [-0.4, -0.2) is 42.9 Å². The second-order valence-corrected chi connectivity index (χ2v) is 3.42. The zero-order valence-electron chi connectivity index (χ0n) is 8.11. The normalized spacial score (nSPS) is 18.6. The lowest BCUT2D eigenvalue weighted by molar-refractivity contribution is 0.0377. The van der Waals surface area contributed by atoms with Gasteiger partial charge in [-0.15, -0.1) is 0 Å². The van der Waals surface area contributed by atoms with E-state index in [4.69, 9.17) is 15.0 Å². The third-order valence-corrected chi connectivity index (χ3v) is 2.36. The first kappa shape index (κ1) is 9.48. The molecule has 5 nitrogen and oxygen atoms in total. The van der Waals surface area contributed by atoms with Gasteiger partial charge < -0.3 is 15.0 Å². The molecule has 1 fully saturated rings. The van der Waals surface area contributed by atoms with Gasteiger partial charge in [-0.1, -0.05) is 5.16 Å². The molecule has 0 saturated carbocycles. The quantitative estimate of drug-likeness (QED) is 0.746. The van der Waals surface area contributed by atoms with Gasteiger partial charge in [-0.3, -0.25) is 4.90 Å². The molecule has 0 amide bonds. The van der Waals surface area contributed by atoms with Crippen molar-refractivity contribution in [1.82, 2.24) is 10.1 Å². The summed E-state index contributed by atoms with van der Waals surface area (Å²) >= 11 is 0. The van der Waals surface area contributed by atoms with Gasteiger partial charge in [-0.25, -0.2) is 0 Å². The third-order valence-electron chi connectivity index (χ3n) is 2.36. The van der Waals surface area contributed by atoms with E-state index in [0.29, 0.717) is 5.82 Å². The highest BCUT2D eigenvalue weighted by Crippen LogP contribution is 2.06. The van der Waals surface area contributed by atoms with Gasteiger partial charge in [-0.2, -0.15) is 0 Å². The molecule has 14 heavy (non-hydrogen) atoms. The molecule has 2 rings (SSSR count). The molecule has 1 aromatic heterocycles. The van der Waals surface area contributed by atoms with E-state index in [9.17, 15) is 0 Å². The lowest BCUT2D eigenvalue weighted by atomic mass is 10.3. The van der Waals surface area contributed by atoms with Crippen LogP contribution in [0.3, 0.4) is 0 Å². The number of hydrogen-bond donors (Lipinski definition) is 1. The highest BCUT2D eigenvalue weighted by Gasteiger charge is 2.11. The number of nitrogen functional groups attached to an aromatic ring is 1. The predicted octanol–water partition coefficient (Wildman–Crippen LogP) is 0.131. The standard InChI is InChI=1S/C9H15N3O2/c10-9-7-8(14-11-9)1-2-12-3-5-13-6-4-12/h7H,1-6H2,(H2,10,11). The van der Waals surface area contributed by atoms with Gasteiger partial charge in [0.05, 0.1) is 13.2 Å². The van der Waals surface area contributed by atoms with Crippen LogP contribution in [0.4, 0.5) is 5.82 Å². The topological polar surface area (TPSA) is 64.5 Å². The Labute approximate surface area is 82.8 Å². The van der Waals surface area contributed by atoms with Crippen LogP contribution in [-0.2, 0) is 11.2 Å². The predicted molar refractivity (Wildman–Crippen MR) is 51.9 cm³/mol. The molecule has 0 atom stereocenters. The van der Waals surface area contributed by atoms with Crippen molar-refractivity contribution in [1.29, 1.82) is 0 Å². The molecule has 1 aliphatic heterocycles. The fourth-order valence-electron chi connectivity index (χ4n) is 1.54. The molecule has 0 radical (unpaired) electrons. The van der Waals surface area contributed by atoms with E-state index < -0.39 is 0 Å². The molecule has 2 N–H and O–H groups in total. The summed E-state index contributed by atoms with van der Waals surface area (Å²) in [6.45, 7) is 4.66. The zero-order chi connectivity index (χ0) is 9.80. The minimum Gasteiger partial charge on any atom is -0.381 e. The van der Waals surface area contributed by atoms with Crippen molar-refractivity contribution in [3.8, 4) is 0 Å². The van der Waals surface area contributed by atoms with E-state index in [0.717, 1.165) is 45.0 Å². The van der Waals surface area contributed by atoms with Crippen LogP contribution in [0.15, 0.2) is 10.6 Å². The van der Waals surface area contributed by atoms with Gasteiger partial charge in [0.15, 0.2) is 5.82 Å². The van der Waals surface area contributed by atoms with Crippen LogP contribution >= 0.6 is 0 Å². The molecule has 0 unspecified atom stereocenters. The van der Waals surface area contributed by atoms with Crippen molar-refractivity contribution >= 4 is 5.82 Å². The first-order valence-corrected chi connectivity index (χ1v) is 4.86. The van der Waals surface area contributed by atoms with Gasteiger partial charge in [-0.05, 0) is 0 Å². The van der Waals surface area contributed by atoms with E-state index in [1.807, 2.05) is 0 Å². The van der Waals surface area contributed by atoms with Crippen LogP contribution in [0.5, 0.6) is 0 Å². The number of anilines is 1. The molecule has 2 heterocycles. The van der Waals surface area contributed by atoms with Crippen molar-refractivity contribution in [3.05, 3.63) is 11.8 Å². The molecule has 0 aromatic carbocycles. The Bertz CT molecular complexity index is 281. The van der Waals surface area contributed by atoms with E-state index in [1.165, 1.54) is 0 Å². The fraction of sp³-hybridized carbons (Fsp3) is 0.667. The molecular formula is C9H15N3O2. The summed E-state index contributed by atoms with van der Waals surface area (Å²) in [6, 6.07) is 1.78. The SMILES string of the molecule is Nc1cc(CCN2CCOCC2)on1. The Balaban J connectivity index is 1.76.